The van der Waals surface area contributed by atoms with E-state index in [4.69, 9.17) is 12.2 Å². The summed E-state index contributed by atoms with van der Waals surface area (Å²) in [6.07, 6.45) is 0. The Morgan fingerprint density at radius 1 is 1.29 bits per heavy atom. The Kier molecular flexibility index (Phi) is 3.28. The van der Waals surface area contributed by atoms with E-state index in [9.17, 15) is 0 Å². The number of para-hydroxylation sites is 1. The van der Waals surface area contributed by atoms with E-state index in [-0.39, 0.29) is 0 Å². The fourth-order valence-electron chi connectivity index (χ4n) is 1.57. The van der Waals surface area contributed by atoms with Crippen molar-refractivity contribution < 1.29 is 0 Å². The number of hydrogen-bond donors (Lipinski definition) is 1. The van der Waals surface area contributed by atoms with Crippen LogP contribution in [0, 0.1) is 4.77 Å². The molecule has 0 aliphatic heterocycles. The van der Waals surface area contributed by atoms with E-state index in [2.05, 4.69) is 28.9 Å². The quantitative estimate of drug-likeness (QED) is 0.849. The molecule has 0 unspecified atom stereocenters. The highest BCUT2D eigenvalue weighted by atomic mass is 32.1. The van der Waals surface area contributed by atoms with Crippen LogP contribution >= 0.6 is 12.2 Å². The summed E-state index contributed by atoms with van der Waals surface area (Å²) in [4.78, 5) is 2.08. The van der Waals surface area contributed by atoms with Crippen LogP contribution in [0.15, 0.2) is 30.3 Å². The predicted molar refractivity (Wildman–Crippen MR) is 72.3 cm³/mol. The van der Waals surface area contributed by atoms with Crippen LogP contribution in [0.3, 0.4) is 0 Å². The van der Waals surface area contributed by atoms with E-state index in [1.165, 1.54) is 0 Å². The lowest BCUT2D eigenvalue weighted by atomic mass is 10.3. The molecule has 0 spiro atoms. The molecule has 2 aromatic rings. The van der Waals surface area contributed by atoms with Gasteiger partial charge in [-0.3, -0.25) is 4.57 Å². The molecule has 90 valence electrons. The molecule has 1 aromatic heterocycles. The molecule has 0 radical (unpaired) electrons. The van der Waals surface area contributed by atoms with Crippen molar-refractivity contribution in [2.75, 3.05) is 11.9 Å². The van der Waals surface area contributed by atoms with Crippen molar-refractivity contribution in [1.82, 2.24) is 14.8 Å². The Bertz CT molecular complexity index is 541. The number of H-pyrrole nitrogens is 1. The second-order valence-corrected chi connectivity index (χ2v) is 4.59. The molecule has 1 heterocycles. The lowest BCUT2D eigenvalue weighted by molar-refractivity contribution is 0.719. The molecule has 0 fully saturated rings. The van der Waals surface area contributed by atoms with Crippen LogP contribution in [0.4, 0.5) is 5.95 Å². The smallest absolute Gasteiger partial charge is 0.230 e. The highest BCUT2D eigenvalue weighted by Gasteiger charge is 2.14. The first-order valence-corrected chi connectivity index (χ1v) is 5.97. The first-order chi connectivity index (χ1) is 8.11. The molecule has 0 bridgehead atoms. The molecular formula is C12H16N4S. The summed E-state index contributed by atoms with van der Waals surface area (Å²) < 4.78 is 2.55. The van der Waals surface area contributed by atoms with Crippen LogP contribution in [0.5, 0.6) is 0 Å². The maximum absolute atomic E-state index is 5.28. The van der Waals surface area contributed by atoms with E-state index in [1.54, 1.807) is 0 Å². The zero-order chi connectivity index (χ0) is 12.4. The molecule has 0 amide bonds. The maximum atomic E-state index is 5.28. The van der Waals surface area contributed by atoms with Crippen molar-refractivity contribution >= 4 is 18.2 Å². The van der Waals surface area contributed by atoms with E-state index in [0.717, 1.165) is 11.6 Å². The van der Waals surface area contributed by atoms with Gasteiger partial charge in [-0.2, -0.15) is 0 Å². The van der Waals surface area contributed by atoms with Gasteiger partial charge in [0.2, 0.25) is 10.7 Å². The van der Waals surface area contributed by atoms with E-state index < -0.39 is 0 Å². The van der Waals surface area contributed by atoms with Crippen LogP contribution in [0.25, 0.3) is 5.69 Å². The van der Waals surface area contributed by atoms with E-state index >= 15 is 0 Å². The Balaban J connectivity index is 2.55. The molecule has 4 nitrogen and oxygen atoms in total. The lowest BCUT2D eigenvalue weighted by Gasteiger charge is -2.22. The summed E-state index contributed by atoms with van der Waals surface area (Å²) in [5.41, 5.74) is 1.02. The van der Waals surface area contributed by atoms with Gasteiger partial charge < -0.3 is 4.90 Å². The lowest BCUT2D eigenvalue weighted by Crippen LogP contribution is -2.28. The highest BCUT2D eigenvalue weighted by Crippen LogP contribution is 2.18. The van der Waals surface area contributed by atoms with Gasteiger partial charge >= 0.3 is 0 Å². The van der Waals surface area contributed by atoms with E-state index in [0.29, 0.717) is 10.8 Å². The van der Waals surface area contributed by atoms with Crippen molar-refractivity contribution in [3.63, 3.8) is 0 Å². The number of benzene rings is 1. The standard InChI is InChI=1S/C12H16N4S/c1-9(2)15(3)11-13-14-12(17)16(11)10-7-5-4-6-8-10/h4-9H,1-3H3,(H,14,17). The monoisotopic (exact) mass is 248 g/mol. The third-order valence-corrected chi connectivity index (χ3v) is 3.03. The number of hydrogen-bond acceptors (Lipinski definition) is 3. The molecule has 0 aliphatic carbocycles. The number of rotatable bonds is 3. The average Bonchev–Trinajstić information content (AvgIpc) is 2.71. The maximum Gasteiger partial charge on any atom is 0.230 e. The molecule has 5 heteroatoms. The predicted octanol–water partition coefficient (Wildman–Crippen LogP) is 2.77. The van der Waals surface area contributed by atoms with Crippen LogP contribution < -0.4 is 4.90 Å². The Morgan fingerprint density at radius 2 is 1.94 bits per heavy atom. The molecule has 0 atom stereocenters. The summed E-state index contributed by atoms with van der Waals surface area (Å²) in [5.74, 6) is 0.830. The number of aromatic nitrogens is 3. The SMILES string of the molecule is CC(C)N(C)c1n[nH]c(=S)n1-c1ccccc1. The van der Waals surface area contributed by atoms with Crippen molar-refractivity contribution in [2.24, 2.45) is 0 Å². The van der Waals surface area contributed by atoms with Gasteiger partial charge in [0.25, 0.3) is 0 Å². The molecule has 1 aromatic carbocycles. The van der Waals surface area contributed by atoms with Gasteiger partial charge in [-0.25, -0.2) is 5.10 Å². The zero-order valence-electron chi connectivity index (χ0n) is 10.2. The zero-order valence-corrected chi connectivity index (χ0v) is 11.0. The highest BCUT2D eigenvalue weighted by molar-refractivity contribution is 7.71. The number of anilines is 1. The number of aromatic amines is 1. The van der Waals surface area contributed by atoms with Crippen molar-refractivity contribution in [1.29, 1.82) is 0 Å². The van der Waals surface area contributed by atoms with Gasteiger partial charge in [0.15, 0.2) is 0 Å². The van der Waals surface area contributed by atoms with E-state index in [1.807, 2.05) is 41.9 Å². The number of nitrogens with zero attached hydrogens (tertiary/aromatic N) is 3. The van der Waals surface area contributed by atoms with Gasteiger partial charge in [-0.05, 0) is 38.2 Å². The fourth-order valence-corrected chi connectivity index (χ4v) is 1.80. The van der Waals surface area contributed by atoms with Crippen molar-refractivity contribution in [2.45, 2.75) is 19.9 Å². The minimum absolute atomic E-state index is 0.364. The average molecular weight is 248 g/mol. The van der Waals surface area contributed by atoms with Gasteiger partial charge in [0.05, 0.1) is 5.69 Å². The molecule has 0 aliphatic rings. The summed E-state index contributed by atoms with van der Waals surface area (Å²) in [6, 6.07) is 10.4. The first-order valence-electron chi connectivity index (χ1n) is 5.57. The van der Waals surface area contributed by atoms with Crippen LogP contribution in [0.2, 0.25) is 0 Å². The third kappa shape index (κ3) is 2.24. The molecular weight excluding hydrogens is 232 g/mol. The molecule has 0 saturated heterocycles. The Hall–Kier alpha value is -1.62. The van der Waals surface area contributed by atoms with Crippen LogP contribution in [-0.2, 0) is 0 Å². The van der Waals surface area contributed by atoms with Crippen molar-refractivity contribution in [3.8, 4) is 5.69 Å². The second-order valence-electron chi connectivity index (χ2n) is 4.20. The van der Waals surface area contributed by atoms with Crippen molar-refractivity contribution in [3.05, 3.63) is 35.1 Å². The molecule has 17 heavy (non-hydrogen) atoms. The second kappa shape index (κ2) is 4.71. The third-order valence-electron chi connectivity index (χ3n) is 2.76. The molecule has 1 N–H and O–H groups in total. The summed E-state index contributed by atoms with van der Waals surface area (Å²) >= 11 is 5.28. The number of nitrogens with one attached hydrogen (secondary N) is 1. The Labute approximate surface area is 106 Å². The first kappa shape index (κ1) is 11.9. The summed E-state index contributed by atoms with van der Waals surface area (Å²) in [6.45, 7) is 4.24. The van der Waals surface area contributed by atoms with Crippen LogP contribution in [0.1, 0.15) is 13.8 Å². The Morgan fingerprint density at radius 3 is 2.53 bits per heavy atom. The largest absolute Gasteiger partial charge is 0.341 e. The topological polar surface area (TPSA) is 36.9 Å². The molecule has 2 rings (SSSR count). The summed E-state index contributed by atoms with van der Waals surface area (Å²) in [5, 5.41) is 7.13. The van der Waals surface area contributed by atoms with Gasteiger partial charge in [-0.15, -0.1) is 5.10 Å². The van der Waals surface area contributed by atoms with Gasteiger partial charge in [0, 0.05) is 13.1 Å². The molecule has 0 saturated carbocycles. The minimum Gasteiger partial charge on any atom is -0.341 e. The normalized spacial score (nSPS) is 10.8. The van der Waals surface area contributed by atoms with Gasteiger partial charge in [0.1, 0.15) is 0 Å². The van der Waals surface area contributed by atoms with Gasteiger partial charge in [-0.1, -0.05) is 18.2 Å². The fraction of sp³-hybridized carbons (Fsp3) is 0.333. The minimum atomic E-state index is 0.364. The van der Waals surface area contributed by atoms with Crippen LogP contribution in [-0.4, -0.2) is 27.9 Å². The summed E-state index contributed by atoms with van der Waals surface area (Å²) in [7, 11) is 2.01.